The standard InChI is InChI=1S/C54H35N3.C48H34N2.C36H24N2/c1-4-14-40(15-5-1)55-49-22-12-10-20-43(49)45-32-36(24-28-51(45)55)38-26-30-53-47(34-38)48-35-39(27-31-54(48)57(53)42-18-8-3-9-19-42)37-25-29-52-46(33-37)44-21-11-13-23-50(44)56(52)41-16-6-2-7-17-41;1-4-12-35(13-5-1)37-20-27-42(28-21-37)49(43-29-22-38(23-30-43)36-14-6-2-7-15-36)44-31-24-39(25-32-44)40-26-33-48-46(34-40)45-18-10-11-19-47(45)50(48)41-16-8-3-9-17-41;1-3-11-27(12-4-1)37-33-17-9-7-15-29(33)31-23-25(19-21-35(31)37)26-20-22-36-32(24-26)30-16-8-10-18-34(30)38(36)28-13-5-2-6-14-28/h1-35H;1-34H;1-24H. The molecule has 0 saturated carbocycles. The molecule has 0 fully saturated rings. The van der Waals surface area contributed by atoms with E-state index < -0.39 is 0 Å². The van der Waals surface area contributed by atoms with E-state index in [4.69, 9.17) is 0 Å². The van der Waals surface area contributed by atoms with E-state index in [1.165, 1.54) is 226 Å². The molecule has 0 aliphatic carbocycles. The van der Waals surface area contributed by atoms with Crippen molar-refractivity contribution in [2.45, 2.75) is 0 Å². The molecule has 0 N–H and O–H groups in total. The zero-order valence-corrected chi connectivity index (χ0v) is 79.3. The molecule has 23 aromatic carbocycles. The van der Waals surface area contributed by atoms with E-state index in [2.05, 4.69) is 596 Å². The number of hydrogen-bond donors (Lipinski definition) is 0. The van der Waals surface area contributed by atoms with E-state index in [-0.39, 0.29) is 0 Å². The van der Waals surface area contributed by atoms with Crippen molar-refractivity contribution < 1.29 is 0 Å². The lowest BCUT2D eigenvalue weighted by atomic mass is 9.98. The molecule has 0 aliphatic rings. The number of fused-ring (bicyclic) bond motifs is 18. The van der Waals surface area contributed by atoms with Crippen LogP contribution in [0.3, 0.4) is 0 Å². The Hall–Kier alpha value is -19.3. The molecule has 0 saturated heterocycles. The van der Waals surface area contributed by atoms with Gasteiger partial charge in [-0.05, 0) is 291 Å². The first-order valence-electron chi connectivity index (χ1n) is 49.7. The minimum atomic E-state index is 1.11. The molecule has 6 aromatic heterocycles. The molecule has 0 radical (unpaired) electrons. The zero-order valence-electron chi connectivity index (χ0n) is 79.3. The van der Waals surface area contributed by atoms with Crippen LogP contribution in [0, 0.1) is 0 Å². The molecule has 0 spiro atoms. The Balaban J connectivity index is 0.000000110. The summed E-state index contributed by atoms with van der Waals surface area (Å²) < 4.78 is 14.3. The van der Waals surface area contributed by atoms with Crippen LogP contribution < -0.4 is 4.90 Å². The van der Waals surface area contributed by atoms with Gasteiger partial charge >= 0.3 is 0 Å². The molecule has 6 heterocycles. The lowest BCUT2D eigenvalue weighted by Crippen LogP contribution is -2.09. The van der Waals surface area contributed by atoms with Crippen LogP contribution in [0.1, 0.15) is 0 Å². The van der Waals surface area contributed by atoms with Gasteiger partial charge in [-0.25, -0.2) is 0 Å². The van der Waals surface area contributed by atoms with Crippen LogP contribution in [-0.4, -0.2) is 27.4 Å². The van der Waals surface area contributed by atoms with Crippen LogP contribution in [0.2, 0.25) is 0 Å². The predicted octanol–water partition coefficient (Wildman–Crippen LogP) is 37.1. The van der Waals surface area contributed by atoms with Crippen molar-refractivity contribution in [2.75, 3.05) is 4.90 Å². The van der Waals surface area contributed by atoms with E-state index in [1.54, 1.807) is 0 Å². The Morgan fingerprint density at radius 1 is 0.0966 bits per heavy atom. The Morgan fingerprint density at radius 3 is 0.421 bits per heavy atom. The second kappa shape index (κ2) is 36.1. The summed E-state index contributed by atoms with van der Waals surface area (Å²) in [6.07, 6.45) is 0. The van der Waals surface area contributed by atoms with Gasteiger partial charge in [-0.1, -0.05) is 340 Å². The predicted molar refractivity (Wildman–Crippen MR) is 613 cm³/mol. The van der Waals surface area contributed by atoms with E-state index in [0.717, 1.165) is 22.7 Å². The fourth-order valence-electron chi connectivity index (χ4n) is 22.4. The number of benzene rings is 23. The van der Waals surface area contributed by atoms with Gasteiger partial charge in [0.1, 0.15) is 0 Å². The Labute approximate surface area is 839 Å². The van der Waals surface area contributed by atoms with Crippen molar-refractivity contribution in [3.05, 3.63) is 564 Å². The molecular formula is C138H93N7. The summed E-state index contributed by atoms with van der Waals surface area (Å²) in [5.41, 5.74) is 39.4. The minimum absolute atomic E-state index is 1.11. The van der Waals surface area contributed by atoms with E-state index >= 15 is 0 Å². The molecule has 0 atom stereocenters. The molecule has 0 aliphatic heterocycles. The van der Waals surface area contributed by atoms with Gasteiger partial charge in [0, 0.05) is 116 Å². The fourth-order valence-corrected chi connectivity index (χ4v) is 22.4. The zero-order chi connectivity index (χ0) is 95.8. The van der Waals surface area contributed by atoms with E-state index in [1.807, 2.05) is 0 Å². The number of rotatable bonds is 15. The molecule has 0 unspecified atom stereocenters. The van der Waals surface area contributed by atoms with Crippen molar-refractivity contribution in [1.82, 2.24) is 27.4 Å². The smallest absolute Gasteiger partial charge is 0.0541 e. The third-order valence-electron chi connectivity index (χ3n) is 29.1. The van der Waals surface area contributed by atoms with Crippen molar-refractivity contribution in [2.24, 2.45) is 0 Å². The van der Waals surface area contributed by atoms with Crippen LogP contribution in [0.15, 0.2) is 564 Å². The molecule has 145 heavy (non-hydrogen) atoms. The third kappa shape index (κ3) is 15.1. The maximum Gasteiger partial charge on any atom is 0.0541 e. The lowest BCUT2D eigenvalue weighted by molar-refractivity contribution is 1.18. The first-order chi connectivity index (χ1) is 71.9. The van der Waals surface area contributed by atoms with Gasteiger partial charge < -0.3 is 32.3 Å². The summed E-state index contributed by atoms with van der Waals surface area (Å²) >= 11 is 0. The highest BCUT2D eigenvalue weighted by atomic mass is 15.1. The maximum absolute atomic E-state index is 2.41. The Morgan fingerprint density at radius 2 is 0.228 bits per heavy atom. The normalized spacial score (nSPS) is 11.6. The second-order valence-corrected chi connectivity index (χ2v) is 37.4. The third-order valence-corrected chi connectivity index (χ3v) is 29.1. The average Bonchev–Trinajstić information content (AvgIpc) is 1.58. The van der Waals surface area contributed by atoms with Crippen molar-refractivity contribution in [3.63, 3.8) is 0 Å². The average molecular weight is 1850 g/mol. The van der Waals surface area contributed by atoms with Gasteiger partial charge in [0.15, 0.2) is 0 Å². The molecule has 7 nitrogen and oxygen atoms in total. The van der Waals surface area contributed by atoms with Crippen LogP contribution in [-0.2, 0) is 0 Å². The summed E-state index contributed by atoms with van der Waals surface area (Å²) in [4.78, 5) is 2.34. The summed E-state index contributed by atoms with van der Waals surface area (Å²) in [6.45, 7) is 0. The second-order valence-electron chi connectivity index (χ2n) is 37.4. The maximum atomic E-state index is 2.41. The summed E-state index contributed by atoms with van der Waals surface area (Å²) in [6, 6.07) is 204. The fraction of sp³-hybridized carbons (Fsp3) is 0. The van der Waals surface area contributed by atoms with Gasteiger partial charge in [-0.2, -0.15) is 0 Å². The number of aromatic nitrogens is 6. The summed E-state index contributed by atoms with van der Waals surface area (Å²) in [7, 11) is 0. The van der Waals surface area contributed by atoms with Crippen LogP contribution in [0.5, 0.6) is 0 Å². The van der Waals surface area contributed by atoms with Gasteiger partial charge in [-0.15, -0.1) is 0 Å². The van der Waals surface area contributed by atoms with Crippen molar-refractivity contribution in [1.29, 1.82) is 0 Å². The Kier molecular flexibility index (Phi) is 21.2. The lowest BCUT2D eigenvalue weighted by Gasteiger charge is -2.26. The van der Waals surface area contributed by atoms with E-state index in [9.17, 15) is 0 Å². The van der Waals surface area contributed by atoms with Crippen LogP contribution >= 0.6 is 0 Å². The molecule has 680 valence electrons. The molecule has 0 bridgehead atoms. The summed E-state index contributed by atoms with van der Waals surface area (Å²) in [5, 5.41) is 15.1. The summed E-state index contributed by atoms with van der Waals surface area (Å²) in [5.74, 6) is 0. The molecule has 29 rings (SSSR count). The molecular weight excluding hydrogens is 1760 g/mol. The number of anilines is 3. The monoisotopic (exact) mass is 1850 g/mol. The molecule has 29 aromatic rings. The highest BCUT2D eigenvalue weighted by molar-refractivity contribution is 6.18. The van der Waals surface area contributed by atoms with Crippen LogP contribution in [0.4, 0.5) is 17.1 Å². The van der Waals surface area contributed by atoms with Gasteiger partial charge in [0.2, 0.25) is 0 Å². The minimum Gasteiger partial charge on any atom is -0.311 e. The largest absolute Gasteiger partial charge is 0.311 e. The first kappa shape index (κ1) is 84.9. The highest BCUT2D eigenvalue weighted by Gasteiger charge is 2.24. The van der Waals surface area contributed by atoms with Crippen molar-refractivity contribution in [3.8, 4) is 101 Å². The van der Waals surface area contributed by atoms with E-state index in [0.29, 0.717) is 0 Å². The number of hydrogen-bond acceptors (Lipinski definition) is 1. The van der Waals surface area contributed by atoms with Gasteiger partial charge in [0.05, 0.1) is 66.2 Å². The molecule has 7 heteroatoms. The Bertz CT molecular complexity index is 9480. The van der Waals surface area contributed by atoms with Gasteiger partial charge in [-0.3, -0.25) is 0 Å². The van der Waals surface area contributed by atoms with Crippen molar-refractivity contribution >= 4 is 148 Å². The van der Waals surface area contributed by atoms with Crippen LogP contribution in [0.25, 0.3) is 232 Å². The number of nitrogens with zero attached hydrogens (tertiary/aromatic N) is 7. The quantitative estimate of drug-likeness (QED) is 0.101. The first-order valence-corrected chi connectivity index (χ1v) is 49.7. The van der Waals surface area contributed by atoms with Gasteiger partial charge in [0.25, 0.3) is 0 Å². The molecule has 0 amide bonds. The SMILES string of the molecule is c1ccc(-c2ccc(N(c3ccc(-c4ccccc4)cc3)c3ccc(-c4ccc5c(c4)c4ccccc4n5-c4ccccc4)cc3)cc2)cc1.c1ccc(-n2c3ccccc3c3cc(-c4ccc5c(c4)c4cc(-c6ccc7c(c6)c6ccccc6n7-c6ccccc6)ccc4n5-c4ccccc4)ccc32)cc1.c1ccc(-n2c3ccccc3c3cc(-c4ccc5c(c4)c4ccccc4n5-c4ccccc4)ccc32)cc1. The number of para-hydroxylation sites is 11. The highest BCUT2D eigenvalue weighted by Crippen LogP contribution is 2.47. The topological polar surface area (TPSA) is 32.8 Å².